The summed E-state index contributed by atoms with van der Waals surface area (Å²) in [4.78, 5) is 32.8. The Balaban J connectivity index is 3.98. The molecule has 0 aromatic carbocycles. The standard InChI is InChI=1S/C12H23N3O4/c1-8(4-5-10(17)18)7-14-11(19)15-12(2,3)6-9(13)16/h8H,4-7H2,1-3H3,(H2,13,16)(H,17,18)(H2,14,15,19). The lowest BCUT2D eigenvalue weighted by molar-refractivity contribution is -0.137. The second kappa shape index (κ2) is 7.60. The average molecular weight is 273 g/mol. The number of carbonyl (C=O) groups excluding carboxylic acids is 2. The van der Waals surface area contributed by atoms with Crippen molar-refractivity contribution in [2.24, 2.45) is 11.7 Å². The van der Waals surface area contributed by atoms with Crippen LogP contribution in [0.4, 0.5) is 4.79 Å². The molecule has 0 rings (SSSR count). The summed E-state index contributed by atoms with van der Waals surface area (Å²) in [6.45, 7) is 5.64. The first-order chi connectivity index (χ1) is 8.62. The smallest absolute Gasteiger partial charge is 0.315 e. The lowest BCUT2D eigenvalue weighted by Crippen LogP contribution is -2.50. The van der Waals surface area contributed by atoms with Crippen LogP contribution in [-0.2, 0) is 9.59 Å². The summed E-state index contributed by atoms with van der Waals surface area (Å²) in [5.74, 6) is -1.26. The zero-order valence-corrected chi connectivity index (χ0v) is 11.7. The molecule has 0 heterocycles. The molecule has 0 saturated heterocycles. The summed E-state index contributed by atoms with van der Waals surface area (Å²) >= 11 is 0. The van der Waals surface area contributed by atoms with Gasteiger partial charge < -0.3 is 21.5 Å². The van der Waals surface area contributed by atoms with Gasteiger partial charge in [-0.2, -0.15) is 0 Å². The predicted octanol–water partition coefficient (Wildman–Crippen LogP) is 0.441. The van der Waals surface area contributed by atoms with Gasteiger partial charge in [-0.25, -0.2) is 4.79 Å². The predicted molar refractivity (Wildman–Crippen MR) is 70.5 cm³/mol. The zero-order valence-electron chi connectivity index (χ0n) is 11.7. The van der Waals surface area contributed by atoms with Gasteiger partial charge in [0.25, 0.3) is 0 Å². The number of hydrogen-bond donors (Lipinski definition) is 4. The Morgan fingerprint density at radius 1 is 1.32 bits per heavy atom. The van der Waals surface area contributed by atoms with Gasteiger partial charge in [-0.05, 0) is 26.2 Å². The summed E-state index contributed by atoms with van der Waals surface area (Å²) in [5.41, 5.74) is 4.37. The molecule has 7 heteroatoms. The lowest BCUT2D eigenvalue weighted by atomic mass is 10.0. The normalized spacial score (nSPS) is 12.6. The third kappa shape index (κ3) is 9.87. The van der Waals surface area contributed by atoms with Crippen molar-refractivity contribution in [2.45, 2.75) is 45.6 Å². The van der Waals surface area contributed by atoms with Crippen molar-refractivity contribution in [1.82, 2.24) is 10.6 Å². The van der Waals surface area contributed by atoms with E-state index in [-0.39, 0.29) is 18.8 Å². The molecule has 0 aliphatic rings. The molecule has 0 radical (unpaired) electrons. The number of carboxylic acids is 1. The van der Waals surface area contributed by atoms with Crippen LogP contribution in [0.5, 0.6) is 0 Å². The number of aliphatic carboxylic acids is 1. The van der Waals surface area contributed by atoms with Crippen molar-refractivity contribution in [3.63, 3.8) is 0 Å². The van der Waals surface area contributed by atoms with Crippen LogP contribution in [0.25, 0.3) is 0 Å². The highest BCUT2D eigenvalue weighted by atomic mass is 16.4. The van der Waals surface area contributed by atoms with E-state index >= 15 is 0 Å². The van der Waals surface area contributed by atoms with Gasteiger partial charge in [0.05, 0.1) is 0 Å². The first-order valence-electron chi connectivity index (χ1n) is 6.18. The van der Waals surface area contributed by atoms with E-state index in [1.54, 1.807) is 13.8 Å². The van der Waals surface area contributed by atoms with Crippen LogP contribution in [0.1, 0.15) is 40.0 Å². The van der Waals surface area contributed by atoms with Gasteiger partial charge in [0.2, 0.25) is 5.91 Å². The molecular formula is C12H23N3O4. The Bertz CT molecular complexity index is 342. The number of primary amides is 1. The summed E-state index contributed by atoms with van der Waals surface area (Å²) in [6, 6.07) is -0.395. The van der Waals surface area contributed by atoms with Gasteiger partial charge in [0.15, 0.2) is 0 Å². The molecule has 5 N–H and O–H groups in total. The maximum Gasteiger partial charge on any atom is 0.315 e. The highest BCUT2D eigenvalue weighted by molar-refractivity contribution is 5.78. The maximum absolute atomic E-state index is 11.6. The molecule has 0 saturated carbocycles. The van der Waals surface area contributed by atoms with E-state index in [0.29, 0.717) is 13.0 Å². The lowest BCUT2D eigenvalue weighted by Gasteiger charge is -2.25. The molecule has 0 spiro atoms. The molecular weight excluding hydrogens is 250 g/mol. The molecule has 0 aromatic heterocycles. The molecule has 0 bridgehead atoms. The minimum atomic E-state index is -0.848. The van der Waals surface area contributed by atoms with Crippen LogP contribution in [-0.4, -0.2) is 35.1 Å². The number of hydrogen-bond acceptors (Lipinski definition) is 3. The van der Waals surface area contributed by atoms with Gasteiger partial charge in [-0.1, -0.05) is 6.92 Å². The summed E-state index contributed by atoms with van der Waals surface area (Å²) < 4.78 is 0. The number of urea groups is 1. The van der Waals surface area contributed by atoms with E-state index in [0.717, 1.165) is 0 Å². The van der Waals surface area contributed by atoms with Crippen molar-refractivity contribution in [3.8, 4) is 0 Å². The molecule has 0 aliphatic carbocycles. The van der Waals surface area contributed by atoms with Crippen molar-refractivity contribution < 1.29 is 19.5 Å². The van der Waals surface area contributed by atoms with Gasteiger partial charge in [-0.3, -0.25) is 9.59 Å². The first-order valence-corrected chi connectivity index (χ1v) is 6.18. The molecule has 3 amide bonds. The van der Waals surface area contributed by atoms with E-state index < -0.39 is 23.4 Å². The quantitative estimate of drug-likeness (QED) is 0.512. The van der Waals surface area contributed by atoms with E-state index in [2.05, 4.69) is 10.6 Å². The van der Waals surface area contributed by atoms with Crippen LogP contribution in [0.3, 0.4) is 0 Å². The number of rotatable bonds is 8. The van der Waals surface area contributed by atoms with E-state index in [4.69, 9.17) is 10.8 Å². The Morgan fingerprint density at radius 3 is 2.37 bits per heavy atom. The van der Waals surface area contributed by atoms with Crippen molar-refractivity contribution >= 4 is 17.9 Å². The third-order valence-electron chi connectivity index (χ3n) is 2.53. The Hall–Kier alpha value is -1.79. The van der Waals surface area contributed by atoms with Gasteiger partial charge in [0.1, 0.15) is 0 Å². The second-order valence-corrected chi connectivity index (χ2v) is 5.40. The fourth-order valence-electron chi connectivity index (χ4n) is 1.57. The maximum atomic E-state index is 11.6. The van der Waals surface area contributed by atoms with E-state index in [1.807, 2.05) is 6.92 Å². The van der Waals surface area contributed by atoms with Crippen LogP contribution in [0, 0.1) is 5.92 Å². The fraction of sp³-hybridized carbons (Fsp3) is 0.750. The van der Waals surface area contributed by atoms with E-state index in [1.165, 1.54) is 0 Å². The average Bonchev–Trinajstić information content (AvgIpc) is 2.20. The van der Waals surface area contributed by atoms with Gasteiger partial charge in [-0.15, -0.1) is 0 Å². The Morgan fingerprint density at radius 2 is 1.89 bits per heavy atom. The topological polar surface area (TPSA) is 122 Å². The molecule has 0 aromatic rings. The fourth-order valence-corrected chi connectivity index (χ4v) is 1.57. The first kappa shape index (κ1) is 17.2. The van der Waals surface area contributed by atoms with Crippen LogP contribution in [0.2, 0.25) is 0 Å². The second-order valence-electron chi connectivity index (χ2n) is 5.40. The van der Waals surface area contributed by atoms with Crippen LogP contribution in [0.15, 0.2) is 0 Å². The molecule has 1 unspecified atom stereocenters. The van der Waals surface area contributed by atoms with Gasteiger partial charge in [0, 0.05) is 24.9 Å². The Labute approximate surface area is 112 Å². The molecule has 0 fully saturated rings. The number of carbonyl (C=O) groups is 3. The molecule has 0 aliphatic heterocycles. The SMILES string of the molecule is CC(CCC(=O)O)CNC(=O)NC(C)(C)CC(N)=O. The van der Waals surface area contributed by atoms with Gasteiger partial charge >= 0.3 is 12.0 Å². The number of carboxylic acid groups (broad SMARTS) is 1. The zero-order chi connectivity index (χ0) is 15.1. The minimum absolute atomic E-state index is 0.0506. The highest BCUT2D eigenvalue weighted by Crippen LogP contribution is 2.07. The molecule has 1 atom stereocenters. The van der Waals surface area contributed by atoms with Crippen molar-refractivity contribution in [1.29, 1.82) is 0 Å². The molecule has 19 heavy (non-hydrogen) atoms. The molecule has 110 valence electrons. The monoisotopic (exact) mass is 273 g/mol. The largest absolute Gasteiger partial charge is 0.481 e. The summed E-state index contributed by atoms with van der Waals surface area (Å²) in [5, 5.41) is 13.8. The van der Waals surface area contributed by atoms with Crippen molar-refractivity contribution in [3.05, 3.63) is 0 Å². The number of amides is 3. The molecule has 7 nitrogen and oxygen atoms in total. The third-order valence-corrected chi connectivity index (χ3v) is 2.53. The summed E-state index contributed by atoms with van der Waals surface area (Å²) in [7, 11) is 0. The number of nitrogens with two attached hydrogens (primary N) is 1. The summed E-state index contributed by atoms with van der Waals surface area (Å²) in [6.07, 6.45) is 0.632. The minimum Gasteiger partial charge on any atom is -0.481 e. The van der Waals surface area contributed by atoms with Crippen molar-refractivity contribution in [2.75, 3.05) is 6.54 Å². The Kier molecular flexibility index (Phi) is 6.89. The highest BCUT2D eigenvalue weighted by Gasteiger charge is 2.22. The van der Waals surface area contributed by atoms with E-state index in [9.17, 15) is 14.4 Å². The van der Waals surface area contributed by atoms with Crippen LogP contribution >= 0.6 is 0 Å². The van der Waals surface area contributed by atoms with Crippen LogP contribution < -0.4 is 16.4 Å². The number of nitrogens with one attached hydrogen (secondary N) is 2.